The largest absolute Gasteiger partial charge is 0.465 e. The Morgan fingerprint density at radius 1 is 1.30 bits per heavy atom. The second-order valence-electron chi connectivity index (χ2n) is 4.82. The molecule has 0 atom stereocenters. The molecule has 0 saturated heterocycles. The van der Waals surface area contributed by atoms with Gasteiger partial charge in [-0.2, -0.15) is 0 Å². The normalized spacial score (nSPS) is 10.4. The van der Waals surface area contributed by atoms with Crippen molar-refractivity contribution in [3.05, 3.63) is 40.5 Å². The van der Waals surface area contributed by atoms with Crippen LogP contribution in [0.25, 0.3) is 11.1 Å². The van der Waals surface area contributed by atoms with Crippen LogP contribution in [0.1, 0.15) is 21.7 Å². The van der Waals surface area contributed by atoms with E-state index in [1.807, 2.05) is 6.92 Å². The summed E-state index contributed by atoms with van der Waals surface area (Å²) in [5, 5.41) is 3.10. The van der Waals surface area contributed by atoms with E-state index in [0.717, 1.165) is 4.88 Å². The van der Waals surface area contributed by atoms with Gasteiger partial charge >= 0.3 is 5.97 Å². The number of hydrogen-bond acceptors (Lipinski definition) is 5. The Kier molecular flexibility index (Phi) is 5.46. The smallest absolute Gasteiger partial charge is 0.341 e. The first-order valence-corrected chi connectivity index (χ1v) is 7.77. The molecule has 0 unspecified atom stereocenters. The van der Waals surface area contributed by atoms with Crippen molar-refractivity contribution < 1.29 is 18.7 Å². The van der Waals surface area contributed by atoms with Crippen molar-refractivity contribution >= 4 is 28.2 Å². The highest BCUT2D eigenvalue weighted by Crippen LogP contribution is 2.40. The van der Waals surface area contributed by atoms with Gasteiger partial charge in [0.15, 0.2) is 0 Å². The molecule has 7 heteroatoms. The molecule has 0 aliphatic heterocycles. The van der Waals surface area contributed by atoms with E-state index >= 15 is 0 Å². The summed E-state index contributed by atoms with van der Waals surface area (Å²) in [5.41, 5.74) is 6.94. The number of benzene rings is 1. The molecule has 0 aliphatic rings. The maximum atomic E-state index is 13.1. The van der Waals surface area contributed by atoms with Crippen molar-refractivity contribution in [3.63, 3.8) is 0 Å². The molecular weight excluding hydrogens is 319 g/mol. The first-order chi connectivity index (χ1) is 11.0. The number of methoxy groups -OCH3 is 1. The first-order valence-electron chi connectivity index (χ1n) is 6.95. The molecule has 3 N–H and O–H groups in total. The van der Waals surface area contributed by atoms with Crippen molar-refractivity contribution in [1.82, 2.24) is 0 Å². The summed E-state index contributed by atoms with van der Waals surface area (Å²) in [6.07, 6.45) is 0.156. The van der Waals surface area contributed by atoms with Gasteiger partial charge < -0.3 is 15.8 Å². The molecule has 122 valence electrons. The minimum atomic E-state index is -0.559. The molecule has 2 aromatic rings. The molecule has 0 bridgehead atoms. The van der Waals surface area contributed by atoms with Gasteiger partial charge in [-0.25, -0.2) is 9.18 Å². The maximum Gasteiger partial charge on any atom is 0.341 e. The van der Waals surface area contributed by atoms with Gasteiger partial charge in [0.2, 0.25) is 5.91 Å². The molecule has 0 saturated carbocycles. The molecule has 0 fully saturated rings. The van der Waals surface area contributed by atoms with Gasteiger partial charge in [-0.15, -0.1) is 11.3 Å². The van der Waals surface area contributed by atoms with Crippen LogP contribution in [0.15, 0.2) is 24.3 Å². The summed E-state index contributed by atoms with van der Waals surface area (Å²) in [5.74, 6) is -1.20. The predicted octanol–water partition coefficient (Wildman–Crippen LogP) is 2.94. The van der Waals surface area contributed by atoms with Gasteiger partial charge in [-0.3, -0.25) is 4.79 Å². The van der Waals surface area contributed by atoms with Gasteiger partial charge in [0.1, 0.15) is 16.4 Å². The Balaban J connectivity index is 2.53. The molecule has 2 rings (SSSR count). The van der Waals surface area contributed by atoms with Gasteiger partial charge in [-0.1, -0.05) is 12.1 Å². The monoisotopic (exact) mass is 336 g/mol. The number of rotatable bonds is 5. The number of nitrogens with one attached hydrogen (secondary N) is 1. The van der Waals surface area contributed by atoms with Gasteiger partial charge in [-0.05, 0) is 24.6 Å². The lowest BCUT2D eigenvalue weighted by Crippen LogP contribution is -2.17. The summed E-state index contributed by atoms with van der Waals surface area (Å²) in [6, 6.07) is 5.81. The Labute approximate surface area is 137 Å². The molecule has 1 heterocycles. The third kappa shape index (κ3) is 3.75. The minimum absolute atomic E-state index is 0.156. The Morgan fingerprint density at radius 2 is 1.96 bits per heavy atom. The molecule has 1 aromatic heterocycles. The summed E-state index contributed by atoms with van der Waals surface area (Å²) in [6.45, 7) is 2.04. The zero-order valence-electron chi connectivity index (χ0n) is 12.8. The van der Waals surface area contributed by atoms with Crippen LogP contribution in [0.4, 0.5) is 9.39 Å². The molecular formula is C16H17FN2O3S. The van der Waals surface area contributed by atoms with Crippen LogP contribution in [-0.4, -0.2) is 25.5 Å². The summed E-state index contributed by atoms with van der Waals surface area (Å²) >= 11 is 1.27. The number of carbonyl (C=O) groups is 2. The van der Waals surface area contributed by atoms with Crippen molar-refractivity contribution in [2.45, 2.75) is 13.3 Å². The van der Waals surface area contributed by atoms with Crippen molar-refractivity contribution in [2.24, 2.45) is 5.73 Å². The molecule has 5 nitrogen and oxygen atoms in total. The fourth-order valence-electron chi connectivity index (χ4n) is 2.21. The zero-order chi connectivity index (χ0) is 17.0. The number of esters is 1. The molecule has 0 spiro atoms. The number of anilines is 1. The molecule has 0 radical (unpaired) electrons. The third-order valence-corrected chi connectivity index (χ3v) is 4.25. The van der Waals surface area contributed by atoms with Gasteiger partial charge in [0.25, 0.3) is 0 Å². The van der Waals surface area contributed by atoms with E-state index in [1.54, 1.807) is 12.1 Å². The number of carbonyl (C=O) groups excluding carboxylic acids is 2. The molecule has 23 heavy (non-hydrogen) atoms. The number of aryl methyl sites for hydroxylation is 1. The highest BCUT2D eigenvalue weighted by molar-refractivity contribution is 7.17. The van der Waals surface area contributed by atoms with E-state index in [4.69, 9.17) is 10.5 Å². The predicted molar refractivity (Wildman–Crippen MR) is 88.1 cm³/mol. The van der Waals surface area contributed by atoms with Crippen molar-refractivity contribution in [2.75, 3.05) is 19.0 Å². The third-order valence-electron chi connectivity index (χ3n) is 3.23. The highest BCUT2D eigenvalue weighted by atomic mass is 32.1. The number of thiophene rings is 1. The first kappa shape index (κ1) is 17.1. The summed E-state index contributed by atoms with van der Waals surface area (Å²) in [7, 11) is 1.27. The topological polar surface area (TPSA) is 81.4 Å². The van der Waals surface area contributed by atoms with Crippen LogP contribution in [0.2, 0.25) is 0 Å². The summed E-state index contributed by atoms with van der Waals surface area (Å²) < 4.78 is 18.0. The minimum Gasteiger partial charge on any atom is -0.465 e. The van der Waals surface area contributed by atoms with E-state index in [0.29, 0.717) is 16.1 Å². The Hall–Kier alpha value is -2.25. The maximum absolute atomic E-state index is 13.1. The lowest BCUT2D eigenvalue weighted by atomic mass is 10.0. The zero-order valence-corrected chi connectivity index (χ0v) is 13.6. The SMILES string of the molecule is COC(=O)c1c(NC(=O)CCN)sc(C)c1-c1ccc(F)cc1. The van der Waals surface area contributed by atoms with Crippen LogP contribution in [0.5, 0.6) is 0 Å². The highest BCUT2D eigenvalue weighted by Gasteiger charge is 2.24. The fraction of sp³-hybridized carbons (Fsp3) is 0.250. The molecule has 1 aromatic carbocycles. The van der Waals surface area contributed by atoms with E-state index in [1.165, 1.54) is 30.6 Å². The lowest BCUT2D eigenvalue weighted by Gasteiger charge is -2.08. The standard InChI is InChI=1S/C16H17FN2O3S/c1-9-13(10-3-5-11(17)6-4-10)14(16(21)22-2)15(23-9)19-12(20)7-8-18/h3-6H,7-8,18H2,1-2H3,(H,19,20). The van der Waals surface area contributed by atoms with E-state index in [9.17, 15) is 14.0 Å². The Bertz CT molecular complexity index is 726. The van der Waals surface area contributed by atoms with Crippen molar-refractivity contribution in [1.29, 1.82) is 0 Å². The summed E-state index contributed by atoms with van der Waals surface area (Å²) in [4.78, 5) is 24.8. The quantitative estimate of drug-likeness (QED) is 0.823. The Morgan fingerprint density at radius 3 is 2.52 bits per heavy atom. The fourth-order valence-corrected chi connectivity index (χ4v) is 3.29. The second-order valence-corrected chi connectivity index (χ2v) is 6.05. The van der Waals surface area contributed by atoms with Crippen LogP contribution in [0, 0.1) is 12.7 Å². The van der Waals surface area contributed by atoms with Crippen LogP contribution < -0.4 is 11.1 Å². The van der Waals surface area contributed by atoms with Crippen LogP contribution in [0.3, 0.4) is 0 Å². The molecule has 1 amide bonds. The number of ether oxygens (including phenoxy) is 1. The van der Waals surface area contributed by atoms with E-state index < -0.39 is 5.97 Å². The van der Waals surface area contributed by atoms with E-state index in [2.05, 4.69) is 5.32 Å². The van der Waals surface area contributed by atoms with Crippen LogP contribution >= 0.6 is 11.3 Å². The average Bonchev–Trinajstić information content (AvgIpc) is 2.83. The van der Waals surface area contributed by atoms with E-state index in [-0.39, 0.29) is 30.3 Å². The van der Waals surface area contributed by atoms with Crippen molar-refractivity contribution in [3.8, 4) is 11.1 Å². The van der Waals surface area contributed by atoms with Gasteiger partial charge in [0, 0.05) is 23.4 Å². The number of nitrogens with two attached hydrogens (primary N) is 1. The lowest BCUT2D eigenvalue weighted by molar-refractivity contribution is -0.116. The second kappa shape index (κ2) is 7.34. The number of hydrogen-bond donors (Lipinski definition) is 2. The number of amides is 1. The van der Waals surface area contributed by atoms with Gasteiger partial charge in [0.05, 0.1) is 7.11 Å². The molecule has 0 aliphatic carbocycles. The average molecular weight is 336 g/mol. The van der Waals surface area contributed by atoms with Crippen LogP contribution in [-0.2, 0) is 9.53 Å². The number of halogens is 1.